The van der Waals surface area contributed by atoms with Gasteiger partial charge in [0.1, 0.15) is 17.3 Å². The van der Waals surface area contributed by atoms with Gasteiger partial charge in [-0.05, 0) is 87.1 Å². The zero-order valence-corrected chi connectivity index (χ0v) is 25.7. The molecule has 2 aromatic carbocycles. The molecule has 0 amide bonds. The third-order valence-electron chi connectivity index (χ3n) is 8.48. The molecule has 11 nitrogen and oxygen atoms in total. The minimum atomic E-state index is -0.947. The van der Waals surface area contributed by atoms with Crippen molar-refractivity contribution in [1.29, 1.82) is 5.26 Å². The van der Waals surface area contributed by atoms with E-state index in [9.17, 15) is 20.0 Å². The van der Waals surface area contributed by atoms with Crippen LogP contribution in [0.1, 0.15) is 37.1 Å². The fourth-order valence-electron chi connectivity index (χ4n) is 5.58. The van der Waals surface area contributed by atoms with Crippen LogP contribution in [0.3, 0.4) is 0 Å². The fraction of sp³-hybridized carbons (Fsp3) is 0.303. The molecule has 1 aliphatic heterocycles. The monoisotopic (exact) mass is 608 g/mol. The summed E-state index contributed by atoms with van der Waals surface area (Å²) >= 11 is 0. The Kier molecular flexibility index (Phi) is 7.29. The van der Waals surface area contributed by atoms with E-state index in [0.717, 1.165) is 25.3 Å². The molecule has 0 atom stereocenters. The maximum Gasteiger partial charge on any atom is 0.290 e. The predicted molar refractivity (Wildman–Crippen MR) is 169 cm³/mol. The summed E-state index contributed by atoms with van der Waals surface area (Å²) in [5.41, 5.74) is 1.03. The van der Waals surface area contributed by atoms with Gasteiger partial charge in [-0.1, -0.05) is 6.07 Å². The first-order valence-electron chi connectivity index (χ1n) is 14.6. The van der Waals surface area contributed by atoms with Crippen LogP contribution in [0.5, 0.6) is 5.75 Å². The Labute approximate surface area is 258 Å². The second kappa shape index (κ2) is 11.0. The molecule has 0 unspecified atom stereocenters. The van der Waals surface area contributed by atoms with E-state index in [2.05, 4.69) is 26.5 Å². The quantitative estimate of drug-likeness (QED) is 0.278. The first kappa shape index (κ1) is 29.8. The van der Waals surface area contributed by atoms with Gasteiger partial charge < -0.3 is 10.4 Å². The number of nitrogens with one attached hydrogen (secondary N) is 1. The number of fused-ring (bicyclic) bond motifs is 1. The molecule has 45 heavy (non-hydrogen) atoms. The van der Waals surface area contributed by atoms with E-state index in [-0.39, 0.29) is 33.8 Å². The maximum atomic E-state index is 15.4. The van der Waals surface area contributed by atoms with Crippen LogP contribution in [0.2, 0.25) is 0 Å². The third kappa shape index (κ3) is 5.25. The number of halogens is 1. The predicted octanol–water partition coefficient (Wildman–Crippen LogP) is 4.39. The molecule has 0 saturated carbocycles. The van der Waals surface area contributed by atoms with Crippen molar-refractivity contribution in [3.8, 4) is 28.8 Å². The van der Waals surface area contributed by atoms with Crippen LogP contribution < -0.4 is 16.4 Å². The number of phenols is 1. The molecule has 0 radical (unpaired) electrons. The lowest BCUT2D eigenvalue weighted by atomic mass is 9.85. The molecule has 1 aliphatic rings. The van der Waals surface area contributed by atoms with E-state index >= 15 is 4.39 Å². The van der Waals surface area contributed by atoms with Gasteiger partial charge in [-0.15, -0.1) is 0 Å². The summed E-state index contributed by atoms with van der Waals surface area (Å²) in [7, 11) is 3.37. The van der Waals surface area contributed by atoms with E-state index in [1.807, 2.05) is 13.1 Å². The Bertz CT molecular complexity index is 2150. The Hall–Kier alpha value is -5.28. The Morgan fingerprint density at radius 3 is 2.49 bits per heavy atom. The van der Waals surface area contributed by atoms with Gasteiger partial charge in [-0.25, -0.2) is 9.07 Å². The number of hydrogen-bond acceptors (Lipinski definition) is 8. The van der Waals surface area contributed by atoms with Crippen LogP contribution in [-0.4, -0.2) is 47.2 Å². The highest BCUT2D eigenvalue weighted by molar-refractivity contribution is 5.84. The van der Waals surface area contributed by atoms with Crippen molar-refractivity contribution in [3.63, 3.8) is 0 Å². The summed E-state index contributed by atoms with van der Waals surface area (Å²) in [4.78, 5) is 29.0. The normalized spacial score (nSPS) is 13.5. The van der Waals surface area contributed by atoms with Crippen LogP contribution in [0.4, 0.5) is 15.9 Å². The summed E-state index contributed by atoms with van der Waals surface area (Å²) < 4.78 is 19.5. The molecule has 12 heteroatoms. The van der Waals surface area contributed by atoms with E-state index in [4.69, 9.17) is 0 Å². The lowest BCUT2D eigenvalue weighted by molar-refractivity contribution is 0.168. The van der Waals surface area contributed by atoms with E-state index < -0.39 is 16.8 Å². The minimum absolute atomic E-state index is 0.119. The smallest absolute Gasteiger partial charge is 0.290 e. The average molecular weight is 609 g/mol. The molecule has 4 heterocycles. The number of aromatic nitrogens is 5. The number of hydrogen-bond donors (Lipinski definition) is 2. The molecule has 1 saturated heterocycles. The van der Waals surface area contributed by atoms with Gasteiger partial charge in [0.15, 0.2) is 5.82 Å². The number of nitrogens with zero attached hydrogens (tertiary/aromatic N) is 7. The number of aromatic hydroxyl groups is 1. The van der Waals surface area contributed by atoms with Gasteiger partial charge in [0.2, 0.25) is 0 Å². The van der Waals surface area contributed by atoms with E-state index in [0.29, 0.717) is 27.9 Å². The largest absolute Gasteiger partial charge is 0.505 e. The molecule has 3 aromatic heterocycles. The summed E-state index contributed by atoms with van der Waals surface area (Å²) in [6.07, 6.45) is 2.64. The zero-order valence-electron chi connectivity index (χ0n) is 25.7. The first-order valence-corrected chi connectivity index (χ1v) is 14.6. The van der Waals surface area contributed by atoms with Gasteiger partial charge >= 0.3 is 0 Å². The van der Waals surface area contributed by atoms with Gasteiger partial charge in [0.05, 0.1) is 33.9 Å². The number of likely N-dealkylation sites (tertiary alicyclic amines) is 1. The number of rotatable bonds is 7. The number of nitriles is 1. The number of phenolic OH excluding ortho intramolecular Hbond substituents is 1. The summed E-state index contributed by atoms with van der Waals surface area (Å²) in [6.45, 7) is 7.99. The highest BCUT2D eigenvalue weighted by Gasteiger charge is 2.24. The number of benzene rings is 2. The zero-order chi connectivity index (χ0) is 32.2. The molecule has 0 aliphatic carbocycles. The summed E-state index contributed by atoms with van der Waals surface area (Å²) in [5, 5.41) is 33.3. The first-order chi connectivity index (χ1) is 21.4. The van der Waals surface area contributed by atoms with Gasteiger partial charge in [0, 0.05) is 38.5 Å². The molecular weight excluding hydrogens is 575 g/mol. The lowest BCUT2D eigenvalue weighted by Crippen LogP contribution is -2.36. The Morgan fingerprint density at radius 1 is 1.04 bits per heavy atom. The van der Waals surface area contributed by atoms with Crippen LogP contribution in [0, 0.1) is 24.1 Å². The van der Waals surface area contributed by atoms with Crippen LogP contribution >= 0.6 is 0 Å². The highest BCUT2D eigenvalue weighted by Crippen LogP contribution is 2.37. The summed E-state index contributed by atoms with van der Waals surface area (Å²) in [5.74, 6) is -0.510. The Morgan fingerprint density at radius 2 is 1.80 bits per heavy atom. The summed E-state index contributed by atoms with van der Waals surface area (Å²) in [6, 6.07) is 13.3. The second-order valence-corrected chi connectivity index (χ2v) is 12.0. The molecule has 2 N–H and O–H groups in total. The molecule has 6 rings (SSSR count). The van der Waals surface area contributed by atoms with Crippen molar-refractivity contribution in [3.05, 3.63) is 92.0 Å². The van der Waals surface area contributed by atoms with Crippen molar-refractivity contribution in [2.45, 2.75) is 39.2 Å². The third-order valence-corrected chi connectivity index (χ3v) is 8.48. The maximum absolute atomic E-state index is 15.4. The van der Waals surface area contributed by atoms with E-state index in [1.165, 1.54) is 35.0 Å². The van der Waals surface area contributed by atoms with Crippen LogP contribution in [0.25, 0.3) is 27.7 Å². The highest BCUT2D eigenvalue weighted by atomic mass is 19.1. The average Bonchev–Trinajstić information content (AvgIpc) is 3.32. The fourth-order valence-corrected chi connectivity index (χ4v) is 5.58. The molecule has 230 valence electrons. The SMILES string of the molecule is Cc1ccc(-n2ccc3cc(C(C)(C)C#N)cc(F)c3c2=O)c(O)c1-c1cc(Nc2cc(CN3CCC3)n(C)n2)c(=O)n(C)n1. The van der Waals surface area contributed by atoms with Crippen molar-refractivity contribution >= 4 is 22.3 Å². The molecule has 5 aromatic rings. The van der Waals surface area contributed by atoms with E-state index in [1.54, 1.807) is 55.8 Å². The van der Waals surface area contributed by atoms with Crippen molar-refractivity contribution in [2.24, 2.45) is 14.1 Å². The number of pyridine rings is 1. The molecule has 1 fully saturated rings. The van der Waals surface area contributed by atoms with Crippen molar-refractivity contribution in [1.82, 2.24) is 29.0 Å². The minimum Gasteiger partial charge on any atom is -0.505 e. The molecule has 0 spiro atoms. The number of aryl methyl sites for hydroxylation is 3. The molecular formula is C33H33FN8O3. The Balaban J connectivity index is 1.41. The van der Waals surface area contributed by atoms with Crippen LogP contribution in [-0.2, 0) is 26.1 Å². The van der Waals surface area contributed by atoms with Crippen molar-refractivity contribution < 1.29 is 9.50 Å². The lowest BCUT2D eigenvalue weighted by Gasteiger charge is -2.30. The van der Waals surface area contributed by atoms with Gasteiger partial charge in [-0.3, -0.25) is 23.7 Å². The van der Waals surface area contributed by atoms with Crippen molar-refractivity contribution in [2.75, 3.05) is 18.4 Å². The molecule has 0 bridgehead atoms. The topological polar surface area (TPSA) is 134 Å². The standard InChI is InChI=1S/C33H33FN8O3/c1-19-7-8-26(42-12-9-20-13-21(33(2,3)18-35)14-23(34)29(20)32(42)45)30(43)28(19)24-16-25(31(44)40(5)37-24)36-27-15-22(39(4)38-27)17-41-10-6-11-41/h7-9,12-16,43H,6,10-11,17H2,1-5H3,(H,36,38). The van der Waals surface area contributed by atoms with Crippen LogP contribution in [0.15, 0.2) is 58.3 Å². The second-order valence-electron chi connectivity index (χ2n) is 12.0. The van der Waals surface area contributed by atoms with Gasteiger partial charge in [-0.2, -0.15) is 15.5 Å². The number of anilines is 2. The van der Waals surface area contributed by atoms with Gasteiger partial charge in [0.25, 0.3) is 11.1 Å².